The predicted octanol–water partition coefficient (Wildman–Crippen LogP) is 1.98. The Bertz CT molecular complexity index is 926. The third kappa shape index (κ3) is 5.55. The van der Waals surface area contributed by atoms with Crippen LogP contribution in [0.15, 0.2) is 24.3 Å². The van der Waals surface area contributed by atoms with Crippen LogP contribution in [-0.4, -0.2) is 54.0 Å². The summed E-state index contributed by atoms with van der Waals surface area (Å²) in [4.78, 5) is 2.38. The number of nitrogens with zero attached hydrogens (tertiary/aromatic N) is 4. The normalized spacial score (nSPS) is 16.4. The Balaban J connectivity index is 1.76. The van der Waals surface area contributed by atoms with Gasteiger partial charge in [0.15, 0.2) is 5.82 Å². The number of benzene rings is 1. The molecular formula is C20H31N5O3S. The summed E-state index contributed by atoms with van der Waals surface area (Å²) in [5.74, 6) is 2.59. The van der Waals surface area contributed by atoms with Crippen molar-refractivity contribution in [2.24, 2.45) is 5.92 Å². The van der Waals surface area contributed by atoms with Gasteiger partial charge in [0.25, 0.3) is 0 Å². The van der Waals surface area contributed by atoms with Gasteiger partial charge >= 0.3 is 0 Å². The number of aromatic nitrogens is 3. The lowest BCUT2D eigenvalue weighted by molar-refractivity contribution is 0.260. The van der Waals surface area contributed by atoms with Gasteiger partial charge in [0.1, 0.15) is 11.6 Å². The van der Waals surface area contributed by atoms with E-state index in [2.05, 4.69) is 30.5 Å². The zero-order chi connectivity index (χ0) is 21.0. The number of para-hydroxylation sites is 1. The number of nitrogens with one attached hydrogen (secondary N) is 1. The molecule has 0 amide bonds. The SMILES string of the molecule is CCOc1ccccc1CN1CCc2nnc([C@H](NS(C)(=O)=O)C(C)C)n2CC1. The number of ether oxygens (including phenoxy) is 1. The summed E-state index contributed by atoms with van der Waals surface area (Å²) < 4.78 is 34.2. The van der Waals surface area contributed by atoms with Gasteiger partial charge in [-0.25, -0.2) is 13.1 Å². The molecule has 29 heavy (non-hydrogen) atoms. The molecule has 0 saturated heterocycles. The first-order valence-corrected chi connectivity index (χ1v) is 12.0. The lowest BCUT2D eigenvalue weighted by atomic mass is 10.1. The molecule has 9 heteroatoms. The second-order valence-corrected chi connectivity index (χ2v) is 9.58. The van der Waals surface area contributed by atoms with E-state index in [0.29, 0.717) is 12.4 Å². The molecule has 0 unspecified atom stereocenters. The summed E-state index contributed by atoms with van der Waals surface area (Å²) in [6.07, 6.45) is 1.95. The van der Waals surface area contributed by atoms with E-state index >= 15 is 0 Å². The maximum Gasteiger partial charge on any atom is 0.209 e. The van der Waals surface area contributed by atoms with Gasteiger partial charge in [0.05, 0.1) is 18.9 Å². The zero-order valence-corrected chi connectivity index (χ0v) is 18.4. The third-order valence-corrected chi connectivity index (χ3v) is 5.78. The van der Waals surface area contributed by atoms with Crippen LogP contribution in [-0.2, 0) is 29.5 Å². The average Bonchev–Trinajstić information content (AvgIpc) is 2.94. The lowest BCUT2D eigenvalue weighted by Crippen LogP contribution is -2.33. The number of fused-ring (bicyclic) bond motifs is 1. The summed E-state index contributed by atoms with van der Waals surface area (Å²) in [6, 6.07) is 7.74. The van der Waals surface area contributed by atoms with Crippen molar-refractivity contribution in [3.63, 3.8) is 0 Å². The molecule has 160 valence electrons. The van der Waals surface area contributed by atoms with Gasteiger partial charge in [0, 0.05) is 38.2 Å². The molecule has 1 aromatic carbocycles. The van der Waals surface area contributed by atoms with Crippen molar-refractivity contribution in [2.45, 2.75) is 46.3 Å². The van der Waals surface area contributed by atoms with E-state index in [1.165, 1.54) is 11.8 Å². The molecule has 2 aromatic rings. The van der Waals surface area contributed by atoms with Gasteiger partial charge in [-0.2, -0.15) is 0 Å². The number of sulfonamides is 1. The van der Waals surface area contributed by atoms with E-state index in [4.69, 9.17) is 4.74 Å². The zero-order valence-electron chi connectivity index (χ0n) is 17.6. The molecule has 3 rings (SSSR count). The van der Waals surface area contributed by atoms with Crippen LogP contribution in [0.3, 0.4) is 0 Å². The monoisotopic (exact) mass is 421 g/mol. The van der Waals surface area contributed by atoms with E-state index < -0.39 is 16.1 Å². The maximum atomic E-state index is 11.8. The Kier molecular flexibility index (Phi) is 6.92. The molecule has 0 spiro atoms. The van der Waals surface area contributed by atoms with Crippen molar-refractivity contribution in [3.05, 3.63) is 41.5 Å². The molecule has 1 N–H and O–H groups in total. The standard InChI is InChI=1S/C20H31N5O3S/c1-5-28-17-9-7-6-8-16(17)14-24-11-10-18-21-22-20(25(18)13-12-24)19(15(2)3)23-29(4,26)27/h6-9,15,19,23H,5,10-14H2,1-4H3/t19-/m1/s1. The minimum atomic E-state index is -3.35. The average molecular weight is 422 g/mol. The van der Waals surface area contributed by atoms with Gasteiger partial charge in [-0.05, 0) is 18.9 Å². The molecule has 1 aliphatic heterocycles. The molecule has 0 fully saturated rings. The fourth-order valence-corrected chi connectivity index (χ4v) is 4.51. The highest BCUT2D eigenvalue weighted by molar-refractivity contribution is 7.88. The highest BCUT2D eigenvalue weighted by atomic mass is 32.2. The quantitative estimate of drug-likeness (QED) is 0.701. The fraction of sp³-hybridized carbons (Fsp3) is 0.600. The van der Waals surface area contributed by atoms with Gasteiger partial charge in [-0.1, -0.05) is 32.0 Å². The minimum Gasteiger partial charge on any atom is -0.494 e. The molecule has 2 heterocycles. The predicted molar refractivity (Wildman–Crippen MR) is 112 cm³/mol. The van der Waals surface area contributed by atoms with E-state index in [9.17, 15) is 8.42 Å². The van der Waals surface area contributed by atoms with E-state index in [-0.39, 0.29) is 5.92 Å². The molecule has 8 nitrogen and oxygen atoms in total. The van der Waals surface area contributed by atoms with Crippen LogP contribution in [0, 0.1) is 5.92 Å². The van der Waals surface area contributed by atoms with Crippen LogP contribution in [0.5, 0.6) is 5.75 Å². The Morgan fingerprint density at radius 1 is 1.17 bits per heavy atom. The third-order valence-electron chi connectivity index (χ3n) is 5.10. The summed E-state index contributed by atoms with van der Waals surface area (Å²) >= 11 is 0. The topological polar surface area (TPSA) is 89.3 Å². The van der Waals surface area contributed by atoms with Gasteiger partial charge in [0.2, 0.25) is 10.0 Å². The molecule has 0 bridgehead atoms. The number of hydrogen-bond acceptors (Lipinski definition) is 6. The Morgan fingerprint density at radius 2 is 1.93 bits per heavy atom. The molecule has 1 atom stereocenters. The molecule has 0 radical (unpaired) electrons. The Labute approximate surface area is 173 Å². The highest BCUT2D eigenvalue weighted by Crippen LogP contribution is 2.24. The number of hydrogen-bond donors (Lipinski definition) is 1. The Hall–Kier alpha value is -1.97. The van der Waals surface area contributed by atoms with Crippen molar-refractivity contribution < 1.29 is 13.2 Å². The maximum absolute atomic E-state index is 11.8. The second-order valence-electron chi connectivity index (χ2n) is 7.80. The summed E-state index contributed by atoms with van der Waals surface area (Å²) in [5, 5.41) is 8.71. The molecular weight excluding hydrogens is 390 g/mol. The van der Waals surface area contributed by atoms with Crippen LogP contribution in [0.2, 0.25) is 0 Å². The van der Waals surface area contributed by atoms with Crippen molar-refractivity contribution in [1.82, 2.24) is 24.4 Å². The van der Waals surface area contributed by atoms with Crippen LogP contribution in [0.1, 0.15) is 44.0 Å². The molecule has 1 aromatic heterocycles. The first kappa shape index (κ1) is 21.7. The Morgan fingerprint density at radius 3 is 2.62 bits per heavy atom. The largest absolute Gasteiger partial charge is 0.494 e. The van der Waals surface area contributed by atoms with Crippen molar-refractivity contribution in [3.8, 4) is 5.75 Å². The van der Waals surface area contributed by atoms with Gasteiger partial charge in [-0.3, -0.25) is 4.90 Å². The first-order valence-electron chi connectivity index (χ1n) is 10.1. The van der Waals surface area contributed by atoms with Crippen LogP contribution < -0.4 is 9.46 Å². The summed E-state index contributed by atoms with van der Waals surface area (Å²) in [6.45, 7) is 9.84. The first-order chi connectivity index (χ1) is 13.8. The van der Waals surface area contributed by atoms with Crippen molar-refractivity contribution in [1.29, 1.82) is 0 Å². The van der Waals surface area contributed by atoms with Crippen LogP contribution >= 0.6 is 0 Å². The minimum absolute atomic E-state index is 0.0652. The molecule has 0 saturated carbocycles. The molecule has 0 aliphatic carbocycles. The summed E-state index contributed by atoms with van der Waals surface area (Å²) in [7, 11) is -3.35. The van der Waals surface area contributed by atoms with Crippen molar-refractivity contribution >= 4 is 10.0 Å². The highest BCUT2D eigenvalue weighted by Gasteiger charge is 2.28. The van der Waals surface area contributed by atoms with Crippen LogP contribution in [0.25, 0.3) is 0 Å². The fourth-order valence-electron chi connectivity index (χ4n) is 3.67. The van der Waals surface area contributed by atoms with E-state index in [1.54, 1.807) is 0 Å². The van der Waals surface area contributed by atoms with E-state index in [0.717, 1.165) is 44.2 Å². The summed E-state index contributed by atoms with van der Waals surface area (Å²) in [5.41, 5.74) is 1.17. The van der Waals surface area contributed by atoms with Crippen LogP contribution in [0.4, 0.5) is 0 Å². The second kappa shape index (κ2) is 9.23. The molecule has 1 aliphatic rings. The van der Waals surface area contributed by atoms with Crippen molar-refractivity contribution in [2.75, 3.05) is 26.0 Å². The smallest absolute Gasteiger partial charge is 0.209 e. The van der Waals surface area contributed by atoms with Gasteiger partial charge in [-0.15, -0.1) is 10.2 Å². The number of rotatable bonds is 8. The van der Waals surface area contributed by atoms with Gasteiger partial charge < -0.3 is 9.30 Å². The van der Waals surface area contributed by atoms with E-state index in [1.807, 2.05) is 39.0 Å². The lowest BCUT2D eigenvalue weighted by Gasteiger charge is -2.23.